The van der Waals surface area contributed by atoms with Crippen LogP contribution in [-0.4, -0.2) is 12.6 Å². The van der Waals surface area contributed by atoms with Crippen LogP contribution < -0.4 is 10.6 Å². The molecule has 1 atom stereocenters. The molecule has 1 heterocycles. The Bertz CT molecular complexity index is 522. The molecule has 0 saturated heterocycles. The number of hydrogen-bond acceptors (Lipinski definition) is 2. The highest BCUT2D eigenvalue weighted by atomic mass is 15.2. The molecular formula is C16H18N2. The molecule has 92 valence electrons. The third-order valence-corrected chi connectivity index (χ3v) is 3.49. The Morgan fingerprint density at radius 3 is 2.56 bits per heavy atom. The standard InChI is InChI=1S/C16H18N2/c17-15-10-14-8-4-5-9-16(14)18(12-15)11-13-6-2-1-3-7-13/h1-9,15H,10-12,17H2/t15-/m0/s1. The number of anilines is 1. The van der Waals surface area contributed by atoms with Crippen molar-refractivity contribution >= 4 is 5.69 Å². The molecule has 1 aliphatic heterocycles. The number of para-hydroxylation sites is 1. The molecular weight excluding hydrogens is 220 g/mol. The third-order valence-electron chi connectivity index (χ3n) is 3.49. The predicted molar refractivity (Wildman–Crippen MR) is 75.6 cm³/mol. The molecule has 3 rings (SSSR count). The third kappa shape index (κ3) is 2.24. The quantitative estimate of drug-likeness (QED) is 0.871. The summed E-state index contributed by atoms with van der Waals surface area (Å²) in [6.45, 7) is 1.87. The van der Waals surface area contributed by atoms with Crippen molar-refractivity contribution < 1.29 is 0 Å². The monoisotopic (exact) mass is 238 g/mol. The van der Waals surface area contributed by atoms with Crippen molar-refractivity contribution in [2.24, 2.45) is 5.73 Å². The van der Waals surface area contributed by atoms with E-state index in [0.717, 1.165) is 19.5 Å². The van der Waals surface area contributed by atoms with E-state index >= 15 is 0 Å². The fourth-order valence-electron chi connectivity index (χ4n) is 2.67. The Balaban J connectivity index is 1.89. The van der Waals surface area contributed by atoms with Gasteiger partial charge in [-0.05, 0) is 23.6 Å². The summed E-state index contributed by atoms with van der Waals surface area (Å²) in [5.74, 6) is 0. The van der Waals surface area contributed by atoms with E-state index in [4.69, 9.17) is 5.73 Å². The number of benzene rings is 2. The molecule has 2 heteroatoms. The molecule has 0 radical (unpaired) electrons. The maximum Gasteiger partial charge on any atom is 0.0430 e. The van der Waals surface area contributed by atoms with Gasteiger partial charge in [0.15, 0.2) is 0 Å². The van der Waals surface area contributed by atoms with Gasteiger partial charge in [-0.2, -0.15) is 0 Å². The van der Waals surface area contributed by atoms with Gasteiger partial charge in [-0.25, -0.2) is 0 Å². The number of nitrogens with two attached hydrogens (primary N) is 1. The number of nitrogens with zero attached hydrogens (tertiary/aromatic N) is 1. The topological polar surface area (TPSA) is 29.3 Å². The summed E-state index contributed by atoms with van der Waals surface area (Å²) in [6, 6.07) is 19.4. The molecule has 0 aliphatic carbocycles. The lowest BCUT2D eigenvalue weighted by atomic mass is 9.98. The molecule has 0 fully saturated rings. The summed E-state index contributed by atoms with van der Waals surface area (Å²) in [4.78, 5) is 2.39. The maximum atomic E-state index is 6.15. The van der Waals surface area contributed by atoms with E-state index in [-0.39, 0.29) is 6.04 Å². The SMILES string of the molecule is N[C@H]1Cc2ccccc2N(Cc2ccccc2)C1. The predicted octanol–water partition coefficient (Wildman–Crippen LogP) is 2.58. The highest BCUT2D eigenvalue weighted by molar-refractivity contribution is 5.56. The smallest absolute Gasteiger partial charge is 0.0430 e. The first-order valence-corrected chi connectivity index (χ1v) is 6.45. The van der Waals surface area contributed by atoms with Gasteiger partial charge in [0.1, 0.15) is 0 Å². The van der Waals surface area contributed by atoms with Crippen molar-refractivity contribution in [3.63, 3.8) is 0 Å². The molecule has 2 N–H and O–H groups in total. The van der Waals surface area contributed by atoms with Crippen molar-refractivity contribution in [2.75, 3.05) is 11.4 Å². The van der Waals surface area contributed by atoms with E-state index in [1.807, 2.05) is 0 Å². The van der Waals surface area contributed by atoms with Gasteiger partial charge in [-0.15, -0.1) is 0 Å². The second-order valence-electron chi connectivity index (χ2n) is 4.96. The first-order valence-electron chi connectivity index (χ1n) is 6.45. The minimum absolute atomic E-state index is 0.239. The highest BCUT2D eigenvalue weighted by Gasteiger charge is 2.21. The van der Waals surface area contributed by atoms with Crippen LogP contribution in [0.2, 0.25) is 0 Å². The molecule has 0 saturated carbocycles. The fourth-order valence-corrected chi connectivity index (χ4v) is 2.67. The molecule has 0 spiro atoms. The van der Waals surface area contributed by atoms with Crippen molar-refractivity contribution in [2.45, 2.75) is 19.0 Å². The van der Waals surface area contributed by atoms with Crippen molar-refractivity contribution in [1.29, 1.82) is 0 Å². The van der Waals surface area contributed by atoms with E-state index in [0.29, 0.717) is 0 Å². The van der Waals surface area contributed by atoms with E-state index in [1.165, 1.54) is 16.8 Å². The van der Waals surface area contributed by atoms with Crippen molar-refractivity contribution in [1.82, 2.24) is 0 Å². The Kier molecular flexibility index (Phi) is 3.03. The Labute approximate surface area is 108 Å². The second-order valence-corrected chi connectivity index (χ2v) is 4.96. The zero-order valence-electron chi connectivity index (χ0n) is 10.4. The van der Waals surface area contributed by atoms with Crippen LogP contribution in [0.15, 0.2) is 54.6 Å². The van der Waals surface area contributed by atoms with E-state index in [2.05, 4.69) is 59.5 Å². The summed E-state index contributed by atoms with van der Waals surface area (Å²) in [7, 11) is 0. The van der Waals surface area contributed by atoms with Crippen LogP contribution in [0.4, 0.5) is 5.69 Å². The normalized spacial score (nSPS) is 18.5. The van der Waals surface area contributed by atoms with Gasteiger partial charge < -0.3 is 10.6 Å². The van der Waals surface area contributed by atoms with E-state index in [1.54, 1.807) is 0 Å². The molecule has 0 amide bonds. The number of fused-ring (bicyclic) bond motifs is 1. The molecule has 18 heavy (non-hydrogen) atoms. The Hall–Kier alpha value is -1.80. The van der Waals surface area contributed by atoms with Gasteiger partial charge >= 0.3 is 0 Å². The summed E-state index contributed by atoms with van der Waals surface area (Å²) in [6.07, 6.45) is 0.988. The Morgan fingerprint density at radius 1 is 1.00 bits per heavy atom. The zero-order valence-corrected chi connectivity index (χ0v) is 10.4. The molecule has 0 aromatic heterocycles. The summed E-state index contributed by atoms with van der Waals surface area (Å²) < 4.78 is 0. The van der Waals surface area contributed by atoms with Gasteiger partial charge in [0, 0.05) is 24.8 Å². The first-order chi connectivity index (χ1) is 8.83. The molecule has 2 aromatic rings. The number of hydrogen-bond donors (Lipinski definition) is 1. The summed E-state index contributed by atoms with van der Waals surface area (Å²) >= 11 is 0. The van der Waals surface area contributed by atoms with Crippen molar-refractivity contribution in [3.8, 4) is 0 Å². The van der Waals surface area contributed by atoms with E-state index in [9.17, 15) is 0 Å². The summed E-state index contributed by atoms with van der Waals surface area (Å²) in [5.41, 5.74) is 10.2. The molecule has 2 nitrogen and oxygen atoms in total. The number of rotatable bonds is 2. The van der Waals surface area contributed by atoms with Gasteiger partial charge in [-0.3, -0.25) is 0 Å². The average molecular weight is 238 g/mol. The van der Waals surface area contributed by atoms with Crippen LogP contribution in [0.1, 0.15) is 11.1 Å². The highest BCUT2D eigenvalue weighted by Crippen LogP contribution is 2.27. The molecule has 1 aliphatic rings. The first kappa shape index (κ1) is 11.3. The van der Waals surface area contributed by atoms with Gasteiger partial charge in [-0.1, -0.05) is 48.5 Å². The largest absolute Gasteiger partial charge is 0.365 e. The van der Waals surface area contributed by atoms with Gasteiger partial charge in [0.2, 0.25) is 0 Å². The molecule has 0 unspecified atom stereocenters. The van der Waals surface area contributed by atoms with Crippen LogP contribution in [0, 0.1) is 0 Å². The molecule has 2 aromatic carbocycles. The van der Waals surface area contributed by atoms with Crippen LogP contribution in [0.25, 0.3) is 0 Å². The lowest BCUT2D eigenvalue weighted by Crippen LogP contribution is -2.42. The zero-order chi connectivity index (χ0) is 12.4. The van der Waals surface area contributed by atoms with Crippen LogP contribution in [0.3, 0.4) is 0 Å². The summed E-state index contributed by atoms with van der Waals surface area (Å²) in [5, 5.41) is 0. The average Bonchev–Trinajstić information content (AvgIpc) is 2.40. The van der Waals surface area contributed by atoms with Crippen LogP contribution >= 0.6 is 0 Å². The lowest BCUT2D eigenvalue weighted by molar-refractivity contribution is 0.599. The van der Waals surface area contributed by atoms with Gasteiger partial charge in [0.05, 0.1) is 0 Å². The van der Waals surface area contributed by atoms with Gasteiger partial charge in [0.25, 0.3) is 0 Å². The lowest BCUT2D eigenvalue weighted by Gasteiger charge is -2.34. The van der Waals surface area contributed by atoms with E-state index < -0.39 is 0 Å². The Morgan fingerprint density at radius 2 is 1.72 bits per heavy atom. The van der Waals surface area contributed by atoms with Crippen LogP contribution in [0.5, 0.6) is 0 Å². The maximum absolute atomic E-state index is 6.15. The fraction of sp³-hybridized carbons (Fsp3) is 0.250. The minimum Gasteiger partial charge on any atom is -0.365 e. The van der Waals surface area contributed by atoms with Crippen molar-refractivity contribution in [3.05, 3.63) is 65.7 Å². The minimum atomic E-state index is 0.239. The molecule has 0 bridgehead atoms. The van der Waals surface area contributed by atoms with Crippen LogP contribution in [-0.2, 0) is 13.0 Å². The second kappa shape index (κ2) is 4.83.